The molecule has 6 N–H and O–H groups in total. The van der Waals surface area contributed by atoms with Crippen molar-refractivity contribution in [2.75, 3.05) is 11.5 Å². The first kappa shape index (κ1) is 12.7. The minimum absolute atomic E-state index is 0. The molecule has 0 heterocycles. The number of hydrogen-bond donors (Lipinski definition) is 4. The van der Waals surface area contributed by atoms with Crippen LogP contribution < -0.4 is 11.5 Å². The Morgan fingerprint density at radius 1 is 0.765 bits per heavy atom. The summed E-state index contributed by atoms with van der Waals surface area (Å²) < 4.78 is 0. The van der Waals surface area contributed by atoms with Gasteiger partial charge in [-0.05, 0) is 29.8 Å². The first-order chi connectivity index (χ1) is 7.59. The quantitative estimate of drug-likeness (QED) is 0.449. The van der Waals surface area contributed by atoms with E-state index in [4.69, 9.17) is 11.5 Å². The van der Waals surface area contributed by atoms with Crippen LogP contribution in [0.5, 0.6) is 11.5 Å². The molecule has 0 aliphatic rings. The molecule has 2 rings (SSSR count). The second-order valence-electron chi connectivity index (χ2n) is 3.52. The number of nitrogens with two attached hydrogens (primary N) is 2. The predicted octanol–water partition coefficient (Wildman–Crippen LogP) is 2.57. The highest BCUT2D eigenvalue weighted by Crippen LogP contribution is 2.40. The smallest absolute Gasteiger partial charge is 0.181 e. The molecule has 2 aromatic carbocycles. The lowest BCUT2D eigenvalue weighted by Gasteiger charge is -2.08. The molecule has 90 valence electrons. The first-order valence-electron chi connectivity index (χ1n) is 4.76. The van der Waals surface area contributed by atoms with Crippen LogP contribution in [0.3, 0.4) is 0 Å². The molecule has 0 radical (unpaired) electrons. The van der Waals surface area contributed by atoms with Crippen molar-refractivity contribution >= 4 is 11.4 Å². The maximum absolute atomic E-state index is 9.74. The normalized spacial score (nSPS) is 9.65. The second kappa shape index (κ2) is 4.65. The summed E-state index contributed by atoms with van der Waals surface area (Å²) in [6.07, 6.45) is 0. The zero-order valence-electron chi connectivity index (χ0n) is 8.51. The van der Waals surface area contributed by atoms with Gasteiger partial charge in [0.1, 0.15) is 0 Å². The topological polar surface area (TPSA) is 92.5 Å². The molecule has 0 saturated heterocycles. The molecule has 0 fully saturated rings. The molecule has 17 heavy (non-hydrogen) atoms. The third kappa shape index (κ3) is 2.25. The van der Waals surface area contributed by atoms with Gasteiger partial charge in [0, 0.05) is 11.3 Å². The second-order valence-corrected chi connectivity index (χ2v) is 3.52. The number of anilines is 2. The highest BCUT2D eigenvalue weighted by molar-refractivity contribution is 5.78. The molecule has 0 spiro atoms. The Morgan fingerprint density at radius 2 is 1.35 bits per heavy atom. The largest absolute Gasteiger partial charge is 0.504 e. The summed E-state index contributed by atoms with van der Waals surface area (Å²) in [6.45, 7) is 0. The SMILES string of the molecule is C.Nc1ccc(-c2ccc(N)c(O)c2O)cc1. The van der Waals surface area contributed by atoms with E-state index in [-0.39, 0.29) is 24.6 Å². The van der Waals surface area contributed by atoms with Crippen molar-refractivity contribution in [2.24, 2.45) is 0 Å². The fourth-order valence-corrected chi connectivity index (χ4v) is 1.49. The predicted molar refractivity (Wildman–Crippen MR) is 70.8 cm³/mol. The lowest BCUT2D eigenvalue weighted by Crippen LogP contribution is -1.88. The van der Waals surface area contributed by atoms with Gasteiger partial charge in [-0.15, -0.1) is 0 Å². The van der Waals surface area contributed by atoms with Crippen LogP contribution in [0.1, 0.15) is 7.43 Å². The monoisotopic (exact) mass is 232 g/mol. The molecule has 0 atom stereocenters. The van der Waals surface area contributed by atoms with Gasteiger partial charge in [0.25, 0.3) is 0 Å². The van der Waals surface area contributed by atoms with Crippen LogP contribution in [0.2, 0.25) is 0 Å². The van der Waals surface area contributed by atoms with Crippen molar-refractivity contribution in [2.45, 2.75) is 7.43 Å². The van der Waals surface area contributed by atoms with Gasteiger partial charge < -0.3 is 21.7 Å². The number of phenols is 2. The Morgan fingerprint density at radius 3 is 1.94 bits per heavy atom. The lowest BCUT2D eigenvalue weighted by atomic mass is 10.0. The van der Waals surface area contributed by atoms with Gasteiger partial charge in [0.2, 0.25) is 0 Å². The van der Waals surface area contributed by atoms with E-state index in [0.717, 1.165) is 5.56 Å². The van der Waals surface area contributed by atoms with Crippen molar-refractivity contribution in [3.63, 3.8) is 0 Å². The highest BCUT2D eigenvalue weighted by Gasteiger charge is 2.10. The third-order valence-electron chi connectivity index (χ3n) is 2.40. The number of phenolic OH excluding ortho intramolecular Hbond substituents is 2. The zero-order valence-corrected chi connectivity index (χ0v) is 8.51. The molecule has 0 bridgehead atoms. The van der Waals surface area contributed by atoms with E-state index in [1.165, 1.54) is 0 Å². The number of rotatable bonds is 1. The van der Waals surface area contributed by atoms with E-state index in [2.05, 4.69) is 0 Å². The van der Waals surface area contributed by atoms with E-state index in [1.54, 1.807) is 36.4 Å². The highest BCUT2D eigenvalue weighted by atomic mass is 16.3. The molecule has 0 amide bonds. The average molecular weight is 232 g/mol. The standard InChI is InChI=1S/C12H12N2O2.CH4/c13-8-3-1-7(2-4-8)9-5-6-10(14)12(16)11(9)15;/h1-6,15-16H,13-14H2;1H4. The lowest BCUT2D eigenvalue weighted by molar-refractivity contribution is 0.407. The van der Waals surface area contributed by atoms with Crippen molar-refractivity contribution in [1.29, 1.82) is 0 Å². The Hall–Kier alpha value is -2.36. The summed E-state index contributed by atoms with van der Waals surface area (Å²) in [4.78, 5) is 0. The molecule has 0 aliphatic heterocycles. The van der Waals surface area contributed by atoms with Crippen molar-refractivity contribution < 1.29 is 10.2 Å². The number of aromatic hydroxyl groups is 2. The van der Waals surface area contributed by atoms with Crippen LogP contribution in [0.15, 0.2) is 36.4 Å². The van der Waals surface area contributed by atoms with Gasteiger partial charge in [0.15, 0.2) is 11.5 Å². The third-order valence-corrected chi connectivity index (χ3v) is 2.40. The Labute approximate surface area is 100 Å². The van der Waals surface area contributed by atoms with Crippen LogP contribution in [0.4, 0.5) is 11.4 Å². The van der Waals surface area contributed by atoms with Crippen molar-refractivity contribution in [3.8, 4) is 22.6 Å². The van der Waals surface area contributed by atoms with E-state index in [1.807, 2.05) is 0 Å². The minimum atomic E-state index is -0.297. The Bertz CT molecular complexity index is 522. The van der Waals surface area contributed by atoms with E-state index in [9.17, 15) is 10.2 Å². The summed E-state index contributed by atoms with van der Waals surface area (Å²) in [7, 11) is 0. The molecule has 0 unspecified atom stereocenters. The summed E-state index contributed by atoms with van der Waals surface area (Å²) in [6, 6.07) is 10.2. The minimum Gasteiger partial charge on any atom is -0.504 e. The van der Waals surface area contributed by atoms with Gasteiger partial charge in [-0.2, -0.15) is 0 Å². The molecule has 0 aliphatic carbocycles. The van der Waals surface area contributed by atoms with E-state index >= 15 is 0 Å². The zero-order chi connectivity index (χ0) is 11.7. The van der Waals surface area contributed by atoms with Crippen molar-refractivity contribution in [3.05, 3.63) is 36.4 Å². The van der Waals surface area contributed by atoms with Gasteiger partial charge in [-0.25, -0.2) is 0 Å². The van der Waals surface area contributed by atoms with Gasteiger partial charge >= 0.3 is 0 Å². The van der Waals surface area contributed by atoms with E-state index in [0.29, 0.717) is 11.3 Å². The Balaban J connectivity index is 0.00000144. The molecule has 0 aromatic heterocycles. The van der Waals surface area contributed by atoms with E-state index < -0.39 is 0 Å². The maximum atomic E-state index is 9.74. The fourth-order valence-electron chi connectivity index (χ4n) is 1.49. The van der Waals surface area contributed by atoms with Crippen molar-refractivity contribution in [1.82, 2.24) is 0 Å². The molecule has 4 heteroatoms. The number of nitrogen functional groups attached to an aromatic ring is 2. The number of benzene rings is 2. The average Bonchev–Trinajstić information content (AvgIpc) is 2.28. The summed E-state index contributed by atoms with van der Waals surface area (Å²) in [5.41, 5.74) is 13.1. The van der Waals surface area contributed by atoms with Gasteiger partial charge in [-0.1, -0.05) is 19.6 Å². The van der Waals surface area contributed by atoms with Crippen LogP contribution >= 0.6 is 0 Å². The molecular weight excluding hydrogens is 216 g/mol. The molecule has 4 nitrogen and oxygen atoms in total. The van der Waals surface area contributed by atoms with Crippen LogP contribution in [-0.2, 0) is 0 Å². The Kier molecular flexibility index (Phi) is 3.48. The van der Waals surface area contributed by atoms with Crippen LogP contribution in [-0.4, -0.2) is 10.2 Å². The fraction of sp³-hybridized carbons (Fsp3) is 0.0769. The first-order valence-corrected chi connectivity index (χ1v) is 4.76. The van der Waals surface area contributed by atoms with Gasteiger partial charge in [0.05, 0.1) is 5.69 Å². The molecule has 0 saturated carbocycles. The summed E-state index contributed by atoms with van der Waals surface area (Å²) in [5.74, 6) is -0.515. The van der Waals surface area contributed by atoms with Crippen LogP contribution in [0.25, 0.3) is 11.1 Å². The molecule has 2 aromatic rings. The maximum Gasteiger partial charge on any atom is 0.181 e. The number of hydrogen-bond acceptors (Lipinski definition) is 4. The molecular formula is C13H16N2O2. The van der Waals surface area contributed by atoms with Gasteiger partial charge in [-0.3, -0.25) is 0 Å². The summed E-state index contributed by atoms with van der Waals surface area (Å²) >= 11 is 0. The summed E-state index contributed by atoms with van der Waals surface area (Å²) in [5, 5.41) is 19.2. The van der Waals surface area contributed by atoms with Crippen LogP contribution in [0, 0.1) is 0 Å².